The van der Waals surface area contributed by atoms with Crippen molar-refractivity contribution in [1.82, 2.24) is 24.6 Å². The maximum Gasteiger partial charge on any atom is 0.165 e. The third kappa shape index (κ3) is 5.99. The fourth-order valence-corrected chi connectivity index (χ4v) is 5.30. The summed E-state index contributed by atoms with van der Waals surface area (Å²) < 4.78 is 7.77. The third-order valence-corrected chi connectivity index (χ3v) is 8.41. The number of benzene rings is 1. The number of hydrogen-bond acceptors (Lipinski definition) is 6. The number of rotatable bonds is 9. The first-order chi connectivity index (χ1) is 15.8. The zero-order valence-corrected chi connectivity index (χ0v) is 21.7. The Balaban J connectivity index is 1.46. The number of fused-ring (bicyclic) bond motifs is 1. The molecule has 8 heteroatoms. The molecule has 0 saturated carbocycles. The van der Waals surface area contributed by atoms with E-state index in [0.29, 0.717) is 18.7 Å². The average Bonchev–Trinajstić information content (AvgIpc) is 3.21. The zero-order valence-electron chi connectivity index (χ0n) is 20.7. The van der Waals surface area contributed by atoms with E-state index in [2.05, 4.69) is 88.8 Å². The Morgan fingerprint density at radius 1 is 1.15 bits per heavy atom. The van der Waals surface area contributed by atoms with Gasteiger partial charge in [0.25, 0.3) is 0 Å². The molecule has 1 aliphatic rings. The van der Waals surface area contributed by atoms with Crippen LogP contribution in [0.4, 0.5) is 5.82 Å². The van der Waals surface area contributed by atoms with Crippen LogP contribution < -0.4 is 4.90 Å². The highest BCUT2D eigenvalue weighted by molar-refractivity contribution is 6.76. The summed E-state index contributed by atoms with van der Waals surface area (Å²) in [6.07, 6.45) is 4.72. The van der Waals surface area contributed by atoms with E-state index in [4.69, 9.17) is 4.74 Å². The van der Waals surface area contributed by atoms with E-state index >= 15 is 0 Å². The summed E-state index contributed by atoms with van der Waals surface area (Å²) >= 11 is 0. The summed E-state index contributed by atoms with van der Waals surface area (Å²) in [6.45, 7) is 13.8. The van der Waals surface area contributed by atoms with Crippen molar-refractivity contribution in [2.75, 3.05) is 31.6 Å². The van der Waals surface area contributed by atoms with Crippen LogP contribution in [-0.4, -0.2) is 65.5 Å². The van der Waals surface area contributed by atoms with Crippen LogP contribution in [0.2, 0.25) is 25.7 Å². The fraction of sp³-hybridized carbons (Fsp3) is 0.560. The molecule has 2 atom stereocenters. The fourth-order valence-electron chi connectivity index (χ4n) is 4.55. The lowest BCUT2D eigenvalue weighted by atomic mass is 9.92. The number of nitrogens with zero attached hydrogens (tertiary/aromatic N) is 6. The molecule has 1 saturated heterocycles. The molecule has 0 unspecified atom stereocenters. The van der Waals surface area contributed by atoms with Crippen molar-refractivity contribution in [3.8, 4) is 0 Å². The number of piperidine rings is 1. The number of likely N-dealkylation sites (N-methyl/N-ethyl adjacent to an activating group) is 1. The first kappa shape index (κ1) is 23.9. The van der Waals surface area contributed by atoms with Crippen molar-refractivity contribution in [3.05, 3.63) is 48.4 Å². The van der Waals surface area contributed by atoms with Crippen molar-refractivity contribution in [3.63, 3.8) is 0 Å². The van der Waals surface area contributed by atoms with E-state index in [1.54, 1.807) is 6.33 Å². The first-order valence-corrected chi connectivity index (χ1v) is 15.8. The molecule has 4 rings (SSSR count). The number of aromatic nitrogens is 4. The predicted molar refractivity (Wildman–Crippen MR) is 137 cm³/mol. The van der Waals surface area contributed by atoms with Crippen molar-refractivity contribution >= 4 is 24.9 Å². The maximum absolute atomic E-state index is 5.92. The molecule has 3 aromatic rings. The van der Waals surface area contributed by atoms with E-state index in [9.17, 15) is 0 Å². The van der Waals surface area contributed by atoms with Gasteiger partial charge in [-0.2, -0.15) is 5.10 Å². The van der Waals surface area contributed by atoms with Gasteiger partial charge in [-0.15, -0.1) is 0 Å². The molecule has 1 aliphatic heterocycles. The molecule has 0 aliphatic carbocycles. The van der Waals surface area contributed by atoms with Gasteiger partial charge in [-0.05, 0) is 30.5 Å². The Hall–Kier alpha value is -2.29. The van der Waals surface area contributed by atoms with Crippen LogP contribution in [0.1, 0.15) is 18.9 Å². The van der Waals surface area contributed by atoms with E-state index in [1.807, 2.05) is 10.9 Å². The Labute approximate surface area is 198 Å². The molecule has 178 valence electrons. The van der Waals surface area contributed by atoms with Gasteiger partial charge in [0.05, 0.1) is 11.6 Å². The molecule has 0 spiro atoms. The molecule has 1 aromatic carbocycles. The normalized spacial score (nSPS) is 19.8. The summed E-state index contributed by atoms with van der Waals surface area (Å²) in [5.41, 5.74) is 2.21. The smallest absolute Gasteiger partial charge is 0.165 e. The second kappa shape index (κ2) is 10.3. The summed E-state index contributed by atoms with van der Waals surface area (Å²) in [5.74, 6) is 1.54. The molecular weight excluding hydrogens is 428 g/mol. The van der Waals surface area contributed by atoms with Gasteiger partial charge < -0.3 is 9.64 Å². The number of anilines is 1. The highest BCUT2D eigenvalue weighted by Crippen LogP contribution is 2.29. The maximum atomic E-state index is 5.92. The van der Waals surface area contributed by atoms with Gasteiger partial charge in [-0.1, -0.05) is 56.9 Å². The second-order valence-electron chi connectivity index (χ2n) is 10.6. The number of likely N-dealkylation sites (tertiary alicyclic amines) is 1. The van der Waals surface area contributed by atoms with Crippen LogP contribution in [0.15, 0.2) is 42.9 Å². The van der Waals surface area contributed by atoms with E-state index in [0.717, 1.165) is 49.1 Å². The highest BCUT2D eigenvalue weighted by atomic mass is 28.3. The lowest BCUT2D eigenvalue weighted by Gasteiger charge is -2.42. The molecule has 7 nitrogen and oxygen atoms in total. The second-order valence-corrected chi connectivity index (χ2v) is 16.2. The molecule has 0 amide bonds. The van der Waals surface area contributed by atoms with E-state index in [1.165, 1.54) is 12.0 Å². The monoisotopic (exact) mass is 466 g/mol. The SMILES string of the molecule is C[C@@H]1CCN(Cc2ccccc2)C[C@@H]1N(C)c1ncnc2c1cnn2COCC[Si](C)(C)C. The van der Waals surface area contributed by atoms with Gasteiger partial charge >= 0.3 is 0 Å². The zero-order chi connectivity index (χ0) is 23.4. The number of ether oxygens (including phenoxy) is 1. The Bertz CT molecular complexity index is 1030. The molecule has 33 heavy (non-hydrogen) atoms. The molecule has 0 N–H and O–H groups in total. The minimum Gasteiger partial charge on any atom is -0.359 e. The molecule has 2 aromatic heterocycles. The van der Waals surface area contributed by atoms with Crippen molar-refractivity contribution < 1.29 is 4.74 Å². The van der Waals surface area contributed by atoms with Crippen LogP contribution in [0.3, 0.4) is 0 Å². The quantitative estimate of drug-likeness (QED) is 0.342. The van der Waals surface area contributed by atoms with Crippen molar-refractivity contribution in [1.29, 1.82) is 0 Å². The topological polar surface area (TPSA) is 59.3 Å². The molecule has 3 heterocycles. The van der Waals surface area contributed by atoms with Crippen LogP contribution in [0, 0.1) is 5.92 Å². The van der Waals surface area contributed by atoms with Gasteiger partial charge in [0.2, 0.25) is 0 Å². The molecule has 0 bridgehead atoms. The highest BCUT2D eigenvalue weighted by Gasteiger charge is 2.31. The van der Waals surface area contributed by atoms with Gasteiger partial charge in [0.1, 0.15) is 18.9 Å². The van der Waals surface area contributed by atoms with Gasteiger partial charge in [-0.3, -0.25) is 4.90 Å². The summed E-state index contributed by atoms with van der Waals surface area (Å²) in [7, 11) is 1.06. The predicted octanol–water partition coefficient (Wildman–Crippen LogP) is 4.49. The minimum atomic E-state index is -1.10. The Morgan fingerprint density at radius 3 is 2.70 bits per heavy atom. The molecule has 0 radical (unpaired) electrons. The van der Waals surface area contributed by atoms with Gasteiger partial charge in [-0.25, -0.2) is 14.6 Å². The molecular formula is C25H38N6OSi. The third-order valence-electron chi connectivity index (χ3n) is 6.71. The Kier molecular flexibility index (Phi) is 7.46. The lowest BCUT2D eigenvalue weighted by Crippen LogP contribution is -2.50. The standard InChI is InChI=1S/C25H38N6OSi/c1-20-11-12-30(16-21-9-7-6-8-10-21)17-23(20)29(2)24-22-15-28-31(25(22)27-18-26-24)19-32-13-14-33(3,4)5/h6-10,15,18,20,23H,11-14,16-17,19H2,1-5H3/t20-,23+/m1/s1. The summed E-state index contributed by atoms with van der Waals surface area (Å²) in [6, 6.07) is 12.3. The van der Waals surface area contributed by atoms with Crippen LogP contribution in [0.5, 0.6) is 0 Å². The largest absolute Gasteiger partial charge is 0.359 e. The van der Waals surface area contributed by atoms with Crippen LogP contribution in [0.25, 0.3) is 11.0 Å². The lowest BCUT2D eigenvalue weighted by molar-refractivity contribution is 0.0813. The first-order valence-electron chi connectivity index (χ1n) is 12.1. The van der Waals surface area contributed by atoms with E-state index < -0.39 is 8.07 Å². The molecule has 1 fully saturated rings. The van der Waals surface area contributed by atoms with Gasteiger partial charge in [0.15, 0.2) is 5.65 Å². The van der Waals surface area contributed by atoms with Crippen LogP contribution in [-0.2, 0) is 18.0 Å². The average molecular weight is 467 g/mol. The number of hydrogen-bond donors (Lipinski definition) is 0. The van der Waals surface area contributed by atoms with E-state index in [-0.39, 0.29) is 0 Å². The summed E-state index contributed by atoms with van der Waals surface area (Å²) in [4.78, 5) is 14.1. The Morgan fingerprint density at radius 2 is 1.94 bits per heavy atom. The summed E-state index contributed by atoms with van der Waals surface area (Å²) in [5, 5.41) is 5.56. The van der Waals surface area contributed by atoms with Crippen molar-refractivity contribution in [2.24, 2.45) is 5.92 Å². The van der Waals surface area contributed by atoms with Gasteiger partial charge in [0, 0.05) is 40.9 Å². The van der Waals surface area contributed by atoms with Crippen LogP contribution >= 0.6 is 0 Å². The minimum absolute atomic E-state index is 0.386. The van der Waals surface area contributed by atoms with Crippen molar-refractivity contribution in [2.45, 2.75) is 58.3 Å².